The standard InChI is InChI=1S/C25H27FN6O2S2/c1-3-11-24(34,19-8-6-7-17(2)31-19)16-29-23(33)22-21(26)18(10-13-28-22)36-25(30-14-15-35-25)32-20-9-4-5-12-27-20/h4-10,12-15,30,34H,3,11,16H2,1-2H3,(H,27,32)(H,29,33). The molecule has 2 unspecified atom stereocenters. The Balaban J connectivity index is 1.51. The van der Waals surface area contributed by atoms with Crippen molar-refractivity contribution >= 4 is 35.2 Å². The zero-order valence-electron chi connectivity index (χ0n) is 19.9. The number of carbonyl (C=O) groups is 1. The molecule has 0 saturated carbocycles. The number of carbonyl (C=O) groups excluding carboxylic acids is 1. The van der Waals surface area contributed by atoms with Gasteiger partial charge in [0.2, 0.25) is 4.33 Å². The van der Waals surface area contributed by atoms with Gasteiger partial charge in [-0.25, -0.2) is 14.4 Å². The Bertz CT molecular complexity index is 1240. The molecule has 0 bridgehead atoms. The summed E-state index contributed by atoms with van der Waals surface area (Å²) in [5.41, 5.74) is -0.514. The van der Waals surface area contributed by atoms with Crippen LogP contribution in [-0.2, 0) is 5.60 Å². The topological polar surface area (TPSA) is 112 Å². The van der Waals surface area contributed by atoms with E-state index in [0.29, 0.717) is 24.4 Å². The summed E-state index contributed by atoms with van der Waals surface area (Å²) in [6, 6.07) is 12.3. The second-order valence-electron chi connectivity index (χ2n) is 8.22. The van der Waals surface area contributed by atoms with Gasteiger partial charge in [0.05, 0.1) is 17.1 Å². The van der Waals surface area contributed by atoms with Crippen molar-refractivity contribution in [3.8, 4) is 0 Å². The van der Waals surface area contributed by atoms with Crippen LogP contribution in [0.5, 0.6) is 0 Å². The number of halogens is 1. The molecule has 11 heteroatoms. The van der Waals surface area contributed by atoms with Gasteiger partial charge in [-0.1, -0.05) is 49.0 Å². The normalized spacial score (nSPS) is 18.3. The third-order valence-corrected chi connectivity index (χ3v) is 7.83. The Morgan fingerprint density at radius 2 is 2.08 bits per heavy atom. The maximum absolute atomic E-state index is 15.5. The van der Waals surface area contributed by atoms with Crippen LogP contribution in [0.15, 0.2) is 71.4 Å². The lowest BCUT2D eigenvalue weighted by molar-refractivity contribution is 0.0219. The molecule has 3 aromatic heterocycles. The van der Waals surface area contributed by atoms with Crippen molar-refractivity contribution in [2.75, 3.05) is 11.9 Å². The molecule has 0 radical (unpaired) electrons. The van der Waals surface area contributed by atoms with Gasteiger partial charge in [0.15, 0.2) is 11.5 Å². The third kappa shape index (κ3) is 5.97. The van der Waals surface area contributed by atoms with Crippen LogP contribution in [-0.4, -0.2) is 36.8 Å². The van der Waals surface area contributed by atoms with Crippen molar-refractivity contribution in [1.82, 2.24) is 25.6 Å². The van der Waals surface area contributed by atoms with Gasteiger partial charge in [-0.05, 0) is 49.1 Å². The van der Waals surface area contributed by atoms with Crippen molar-refractivity contribution in [3.05, 3.63) is 89.4 Å². The first-order chi connectivity index (χ1) is 17.3. The van der Waals surface area contributed by atoms with E-state index in [2.05, 4.69) is 30.9 Å². The monoisotopic (exact) mass is 526 g/mol. The molecule has 1 amide bonds. The van der Waals surface area contributed by atoms with Gasteiger partial charge in [0.1, 0.15) is 11.4 Å². The molecule has 0 saturated heterocycles. The van der Waals surface area contributed by atoms with Crippen LogP contribution < -0.4 is 16.0 Å². The molecule has 1 aliphatic heterocycles. The van der Waals surface area contributed by atoms with Crippen LogP contribution in [0.3, 0.4) is 0 Å². The molecule has 2 atom stereocenters. The average molecular weight is 527 g/mol. The minimum Gasteiger partial charge on any atom is -0.382 e. The number of hydrogen-bond acceptors (Lipinski definition) is 9. The molecule has 3 aromatic rings. The minimum absolute atomic E-state index is 0.124. The van der Waals surface area contributed by atoms with Crippen molar-refractivity contribution in [3.63, 3.8) is 0 Å². The number of aliphatic hydroxyl groups is 1. The van der Waals surface area contributed by atoms with Gasteiger partial charge in [0.25, 0.3) is 5.91 Å². The molecule has 4 heterocycles. The van der Waals surface area contributed by atoms with Gasteiger partial charge >= 0.3 is 0 Å². The summed E-state index contributed by atoms with van der Waals surface area (Å²) >= 11 is 2.58. The fraction of sp³-hybridized carbons (Fsp3) is 0.280. The number of aryl methyl sites for hydroxylation is 1. The Morgan fingerprint density at radius 3 is 2.78 bits per heavy atom. The van der Waals surface area contributed by atoms with E-state index in [1.54, 1.807) is 24.5 Å². The average Bonchev–Trinajstić information content (AvgIpc) is 3.32. The van der Waals surface area contributed by atoms with E-state index >= 15 is 4.39 Å². The Kier molecular flexibility index (Phi) is 8.12. The molecule has 4 rings (SSSR count). The molecule has 0 aliphatic carbocycles. The van der Waals surface area contributed by atoms with E-state index in [4.69, 9.17) is 0 Å². The molecule has 1 aliphatic rings. The number of amides is 1. The second kappa shape index (κ2) is 11.3. The van der Waals surface area contributed by atoms with Crippen LogP contribution in [0.2, 0.25) is 0 Å². The van der Waals surface area contributed by atoms with E-state index in [-0.39, 0.29) is 17.1 Å². The lowest BCUT2D eigenvalue weighted by Crippen LogP contribution is -2.42. The Morgan fingerprint density at radius 1 is 1.22 bits per heavy atom. The quantitative estimate of drug-likeness (QED) is 0.286. The van der Waals surface area contributed by atoms with Crippen molar-refractivity contribution in [2.45, 2.75) is 41.5 Å². The number of anilines is 1. The molecule has 0 aromatic carbocycles. The fourth-order valence-electron chi connectivity index (χ4n) is 3.71. The molecule has 8 nitrogen and oxygen atoms in total. The summed E-state index contributed by atoms with van der Waals surface area (Å²) in [5, 5.41) is 22.2. The number of nitrogens with zero attached hydrogens (tertiary/aromatic N) is 3. The van der Waals surface area contributed by atoms with Gasteiger partial charge in [-0.3, -0.25) is 9.78 Å². The second-order valence-corrected chi connectivity index (χ2v) is 10.9. The summed E-state index contributed by atoms with van der Waals surface area (Å²) in [4.78, 5) is 25.9. The van der Waals surface area contributed by atoms with Gasteiger partial charge in [-0.15, -0.1) is 0 Å². The smallest absolute Gasteiger partial charge is 0.273 e. The van der Waals surface area contributed by atoms with Crippen LogP contribution >= 0.6 is 23.5 Å². The lowest BCUT2D eigenvalue weighted by atomic mass is 9.93. The molecular weight excluding hydrogens is 499 g/mol. The zero-order valence-corrected chi connectivity index (χ0v) is 21.5. The van der Waals surface area contributed by atoms with E-state index in [0.717, 1.165) is 5.69 Å². The number of thioether (sulfide) groups is 2. The highest BCUT2D eigenvalue weighted by Crippen LogP contribution is 2.44. The van der Waals surface area contributed by atoms with Crippen LogP contribution in [0.1, 0.15) is 41.6 Å². The van der Waals surface area contributed by atoms with E-state index in [1.165, 1.54) is 35.8 Å². The summed E-state index contributed by atoms with van der Waals surface area (Å²) in [5.74, 6) is -0.848. The molecule has 36 heavy (non-hydrogen) atoms. The molecule has 0 fully saturated rings. The predicted octanol–water partition coefficient (Wildman–Crippen LogP) is 4.36. The molecule has 188 valence electrons. The minimum atomic E-state index is -1.38. The maximum Gasteiger partial charge on any atom is 0.273 e. The Hall–Kier alpha value is -3.15. The number of hydrogen-bond donors (Lipinski definition) is 4. The molecular formula is C25H27FN6O2S2. The van der Waals surface area contributed by atoms with Gasteiger partial charge in [0, 0.05) is 24.3 Å². The van der Waals surface area contributed by atoms with Gasteiger partial charge in [-0.2, -0.15) is 0 Å². The number of aromatic nitrogens is 3. The van der Waals surface area contributed by atoms with E-state index < -0.39 is 21.7 Å². The van der Waals surface area contributed by atoms with Crippen molar-refractivity contribution in [2.24, 2.45) is 0 Å². The molecule has 4 N–H and O–H groups in total. The largest absolute Gasteiger partial charge is 0.382 e. The van der Waals surface area contributed by atoms with Crippen molar-refractivity contribution < 1.29 is 14.3 Å². The summed E-state index contributed by atoms with van der Waals surface area (Å²) in [7, 11) is 0. The molecule has 0 spiro atoms. The maximum atomic E-state index is 15.5. The first-order valence-corrected chi connectivity index (χ1v) is 13.1. The highest BCUT2D eigenvalue weighted by atomic mass is 32.2. The summed E-state index contributed by atoms with van der Waals surface area (Å²) in [6.07, 6.45) is 5.86. The van der Waals surface area contributed by atoms with E-state index in [9.17, 15) is 9.90 Å². The first kappa shape index (κ1) is 25.9. The summed E-state index contributed by atoms with van der Waals surface area (Å²) in [6.45, 7) is 3.64. The summed E-state index contributed by atoms with van der Waals surface area (Å²) < 4.78 is 14.7. The Labute approximate surface area is 217 Å². The number of rotatable bonds is 10. The fourth-order valence-corrected chi connectivity index (χ4v) is 5.87. The third-order valence-electron chi connectivity index (χ3n) is 5.43. The zero-order chi connectivity index (χ0) is 25.6. The SMILES string of the molecule is CCCC(O)(CNC(=O)c1nccc(SC2(Nc3ccccn3)NC=CS2)c1F)c1cccc(C)n1. The number of pyridine rings is 3. The lowest BCUT2D eigenvalue weighted by Gasteiger charge is -2.30. The highest BCUT2D eigenvalue weighted by Gasteiger charge is 2.36. The van der Waals surface area contributed by atoms with Crippen LogP contribution in [0, 0.1) is 12.7 Å². The number of nitrogens with one attached hydrogen (secondary N) is 3. The van der Waals surface area contributed by atoms with Crippen LogP contribution in [0.25, 0.3) is 0 Å². The predicted molar refractivity (Wildman–Crippen MR) is 141 cm³/mol. The van der Waals surface area contributed by atoms with Crippen LogP contribution in [0.4, 0.5) is 10.2 Å². The van der Waals surface area contributed by atoms with Gasteiger partial charge < -0.3 is 21.1 Å². The first-order valence-electron chi connectivity index (χ1n) is 11.4. The van der Waals surface area contributed by atoms with E-state index in [1.807, 2.05) is 43.5 Å². The van der Waals surface area contributed by atoms with Crippen molar-refractivity contribution in [1.29, 1.82) is 0 Å². The highest BCUT2D eigenvalue weighted by molar-refractivity contribution is 8.19.